The summed E-state index contributed by atoms with van der Waals surface area (Å²) in [6, 6.07) is 7.55. The highest BCUT2D eigenvalue weighted by Crippen LogP contribution is 2.27. The molecular formula is C17H20BrN3O3. The van der Waals surface area contributed by atoms with Gasteiger partial charge in [0.1, 0.15) is 23.8 Å². The first-order valence-corrected chi connectivity index (χ1v) is 8.69. The minimum Gasteiger partial charge on any atom is -0.486 e. The normalized spacial score (nSPS) is 17.8. The lowest BCUT2D eigenvalue weighted by Crippen LogP contribution is -2.51. The van der Waals surface area contributed by atoms with Gasteiger partial charge in [-0.3, -0.25) is 4.79 Å². The number of carbonyl (C=O) groups is 1. The molecule has 6 nitrogen and oxygen atoms in total. The van der Waals surface area contributed by atoms with E-state index < -0.39 is 0 Å². The number of aromatic nitrogens is 1. The SMILES string of the molecule is Cc1cc(COc2ccc(C(=O)N3CCN[C@@H](C)C3)cc2Br)no1. The summed E-state index contributed by atoms with van der Waals surface area (Å²) in [6.45, 7) is 6.51. The van der Waals surface area contributed by atoms with Crippen LogP contribution in [0.2, 0.25) is 0 Å². The number of rotatable bonds is 4. The standard InChI is InChI=1S/C17H20BrN3O3/c1-11-9-21(6-5-19-11)17(22)13-3-4-16(15(18)8-13)23-10-14-7-12(2)24-20-14/h3-4,7-8,11,19H,5-6,9-10H2,1-2H3/t11-/m0/s1. The third-order valence-electron chi connectivity index (χ3n) is 3.89. The summed E-state index contributed by atoms with van der Waals surface area (Å²) >= 11 is 3.48. The third kappa shape index (κ3) is 3.96. The van der Waals surface area contributed by atoms with Crippen molar-refractivity contribution in [2.45, 2.75) is 26.5 Å². The lowest BCUT2D eigenvalue weighted by atomic mass is 10.1. The molecule has 1 atom stereocenters. The molecule has 0 saturated carbocycles. The fourth-order valence-corrected chi connectivity index (χ4v) is 3.18. The molecule has 1 aliphatic rings. The number of halogens is 1. The van der Waals surface area contributed by atoms with Gasteiger partial charge in [-0.2, -0.15) is 0 Å². The van der Waals surface area contributed by atoms with Crippen LogP contribution in [-0.2, 0) is 6.61 Å². The number of nitrogens with zero attached hydrogens (tertiary/aromatic N) is 2. The molecule has 1 N–H and O–H groups in total. The zero-order valence-electron chi connectivity index (χ0n) is 13.7. The number of ether oxygens (including phenoxy) is 1. The number of carbonyl (C=O) groups excluding carboxylic acids is 1. The van der Waals surface area contributed by atoms with Gasteiger partial charge in [-0.25, -0.2) is 0 Å². The first-order valence-electron chi connectivity index (χ1n) is 7.90. The van der Waals surface area contributed by atoms with E-state index in [0.717, 1.165) is 35.6 Å². The van der Waals surface area contributed by atoms with Gasteiger partial charge in [0.15, 0.2) is 0 Å². The fraction of sp³-hybridized carbons (Fsp3) is 0.412. The summed E-state index contributed by atoms with van der Waals surface area (Å²) in [5, 5.41) is 7.23. The first kappa shape index (κ1) is 17.0. The smallest absolute Gasteiger partial charge is 0.253 e. The number of hydrogen-bond donors (Lipinski definition) is 1. The van der Waals surface area contributed by atoms with Gasteiger partial charge in [-0.15, -0.1) is 0 Å². The van der Waals surface area contributed by atoms with Crippen molar-refractivity contribution in [2.75, 3.05) is 19.6 Å². The van der Waals surface area contributed by atoms with Crippen LogP contribution >= 0.6 is 15.9 Å². The van der Waals surface area contributed by atoms with Crippen LogP contribution in [-0.4, -0.2) is 41.6 Å². The molecule has 128 valence electrons. The van der Waals surface area contributed by atoms with Crippen molar-refractivity contribution in [1.82, 2.24) is 15.4 Å². The Morgan fingerprint density at radius 3 is 3.00 bits per heavy atom. The van der Waals surface area contributed by atoms with Gasteiger partial charge in [-0.1, -0.05) is 5.16 Å². The van der Waals surface area contributed by atoms with Crippen molar-refractivity contribution in [1.29, 1.82) is 0 Å². The maximum Gasteiger partial charge on any atom is 0.253 e. The number of amides is 1. The van der Waals surface area contributed by atoms with Crippen molar-refractivity contribution in [3.63, 3.8) is 0 Å². The molecule has 0 aliphatic carbocycles. The molecule has 0 spiro atoms. The van der Waals surface area contributed by atoms with Gasteiger partial charge in [0, 0.05) is 37.3 Å². The van der Waals surface area contributed by atoms with Crippen LogP contribution in [0.4, 0.5) is 0 Å². The van der Waals surface area contributed by atoms with Gasteiger partial charge in [-0.05, 0) is 48.0 Å². The molecule has 0 radical (unpaired) electrons. The Morgan fingerprint density at radius 2 is 2.33 bits per heavy atom. The zero-order valence-corrected chi connectivity index (χ0v) is 15.3. The monoisotopic (exact) mass is 393 g/mol. The summed E-state index contributed by atoms with van der Waals surface area (Å²) in [4.78, 5) is 14.5. The van der Waals surface area contributed by atoms with Crippen LogP contribution in [0.5, 0.6) is 5.75 Å². The molecule has 1 aliphatic heterocycles. The Labute approximate surface area is 149 Å². The van der Waals surface area contributed by atoms with Crippen LogP contribution in [0.25, 0.3) is 0 Å². The molecule has 1 saturated heterocycles. The number of aryl methyl sites for hydroxylation is 1. The van der Waals surface area contributed by atoms with Crippen LogP contribution in [0.3, 0.4) is 0 Å². The van der Waals surface area contributed by atoms with Crippen LogP contribution in [0.15, 0.2) is 33.3 Å². The van der Waals surface area contributed by atoms with E-state index in [1.54, 1.807) is 18.2 Å². The summed E-state index contributed by atoms with van der Waals surface area (Å²) < 4.78 is 11.5. The molecule has 1 fully saturated rings. The molecule has 0 bridgehead atoms. The Hall–Kier alpha value is -1.86. The van der Waals surface area contributed by atoms with Crippen LogP contribution in [0.1, 0.15) is 28.7 Å². The van der Waals surface area contributed by atoms with E-state index >= 15 is 0 Å². The lowest BCUT2D eigenvalue weighted by molar-refractivity contribution is 0.0709. The molecule has 0 unspecified atom stereocenters. The molecule has 1 aromatic carbocycles. The maximum absolute atomic E-state index is 12.6. The van der Waals surface area contributed by atoms with Crippen LogP contribution in [0, 0.1) is 6.92 Å². The van der Waals surface area contributed by atoms with Gasteiger partial charge in [0.05, 0.1) is 4.47 Å². The van der Waals surface area contributed by atoms with E-state index in [2.05, 4.69) is 33.3 Å². The highest BCUT2D eigenvalue weighted by atomic mass is 79.9. The van der Waals surface area contributed by atoms with Crippen molar-refractivity contribution in [3.8, 4) is 5.75 Å². The zero-order chi connectivity index (χ0) is 17.1. The van der Waals surface area contributed by atoms with Crippen molar-refractivity contribution in [3.05, 3.63) is 45.8 Å². The second-order valence-corrected chi connectivity index (χ2v) is 6.82. The molecule has 2 heterocycles. The lowest BCUT2D eigenvalue weighted by Gasteiger charge is -2.32. The molecular weight excluding hydrogens is 374 g/mol. The van der Waals surface area contributed by atoms with Gasteiger partial charge in [0.2, 0.25) is 0 Å². The average Bonchev–Trinajstić information content (AvgIpc) is 2.98. The fourth-order valence-electron chi connectivity index (χ4n) is 2.69. The van der Waals surface area contributed by atoms with E-state index in [4.69, 9.17) is 9.26 Å². The average molecular weight is 394 g/mol. The summed E-state index contributed by atoms with van der Waals surface area (Å²) in [5.74, 6) is 1.46. The molecule has 24 heavy (non-hydrogen) atoms. The van der Waals surface area contributed by atoms with Gasteiger partial charge < -0.3 is 19.5 Å². The van der Waals surface area contributed by atoms with Crippen molar-refractivity contribution < 1.29 is 14.1 Å². The Kier molecular flexibility index (Phi) is 5.20. The summed E-state index contributed by atoms with van der Waals surface area (Å²) in [7, 11) is 0. The van der Waals surface area contributed by atoms with Crippen LogP contribution < -0.4 is 10.1 Å². The molecule has 1 aromatic heterocycles. The number of nitrogens with one attached hydrogen (secondary N) is 1. The number of hydrogen-bond acceptors (Lipinski definition) is 5. The highest BCUT2D eigenvalue weighted by molar-refractivity contribution is 9.10. The maximum atomic E-state index is 12.6. The highest BCUT2D eigenvalue weighted by Gasteiger charge is 2.22. The molecule has 2 aromatic rings. The van der Waals surface area contributed by atoms with E-state index in [-0.39, 0.29) is 5.91 Å². The number of piperazine rings is 1. The molecule has 3 rings (SSSR count). The second kappa shape index (κ2) is 7.36. The second-order valence-electron chi connectivity index (χ2n) is 5.97. The Bertz CT molecular complexity index is 732. The van der Waals surface area contributed by atoms with E-state index in [1.807, 2.05) is 17.9 Å². The first-order chi connectivity index (χ1) is 11.5. The molecule has 1 amide bonds. The summed E-state index contributed by atoms with van der Waals surface area (Å²) in [5.41, 5.74) is 1.38. The van der Waals surface area contributed by atoms with E-state index in [9.17, 15) is 4.79 Å². The van der Waals surface area contributed by atoms with Crippen molar-refractivity contribution in [2.24, 2.45) is 0 Å². The quantitative estimate of drug-likeness (QED) is 0.864. The minimum absolute atomic E-state index is 0.0442. The van der Waals surface area contributed by atoms with Gasteiger partial charge >= 0.3 is 0 Å². The number of benzene rings is 1. The predicted octanol–water partition coefficient (Wildman–Crippen LogP) is 2.76. The third-order valence-corrected chi connectivity index (χ3v) is 4.51. The topological polar surface area (TPSA) is 67.6 Å². The van der Waals surface area contributed by atoms with Gasteiger partial charge in [0.25, 0.3) is 5.91 Å². The Morgan fingerprint density at radius 1 is 1.50 bits per heavy atom. The largest absolute Gasteiger partial charge is 0.486 e. The predicted molar refractivity (Wildman–Crippen MR) is 93.1 cm³/mol. The summed E-state index contributed by atoms with van der Waals surface area (Å²) in [6.07, 6.45) is 0. The Balaban J connectivity index is 1.66. The van der Waals surface area contributed by atoms with E-state index in [0.29, 0.717) is 24.0 Å². The van der Waals surface area contributed by atoms with E-state index in [1.165, 1.54) is 0 Å². The van der Waals surface area contributed by atoms with Crippen molar-refractivity contribution >= 4 is 21.8 Å². The minimum atomic E-state index is 0.0442. The molecule has 7 heteroatoms.